The van der Waals surface area contributed by atoms with E-state index in [-0.39, 0.29) is 0 Å². The van der Waals surface area contributed by atoms with E-state index in [1.54, 1.807) is 6.92 Å². The first-order valence-electron chi connectivity index (χ1n) is 8.11. The predicted octanol–water partition coefficient (Wildman–Crippen LogP) is 3.54. The third-order valence-electron chi connectivity index (χ3n) is 3.61. The Morgan fingerprint density at radius 3 is 2.29 bits per heavy atom. The summed E-state index contributed by atoms with van der Waals surface area (Å²) in [6, 6.07) is -0.393. The molecule has 0 fully saturated rings. The molecular weight excluding hydrogens is 268 g/mol. The molecule has 0 radical (unpaired) electrons. The highest BCUT2D eigenvalue weighted by atomic mass is 16.4. The molecule has 5 nitrogen and oxygen atoms in total. The van der Waals surface area contributed by atoms with E-state index in [4.69, 9.17) is 0 Å². The van der Waals surface area contributed by atoms with Gasteiger partial charge in [0.15, 0.2) is 0 Å². The van der Waals surface area contributed by atoms with Gasteiger partial charge >= 0.3 is 12.0 Å². The molecule has 0 saturated carbocycles. The molecule has 0 aliphatic carbocycles. The number of unbranched alkanes of at least 4 members (excludes halogenated alkanes) is 3. The number of hydrogen-bond donors (Lipinski definition) is 3. The quantitative estimate of drug-likeness (QED) is 0.511. The standard InChI is InChI=1S/C16H32N2O3/c1-5-11-16(4,14(19)20)18-15(21)17-12-9-7-6-8-10-13(2)3/h13H,5-12H2,1-4H3,(H,19,20)(H2,17,18,21). The van der Waals surface area contributed by atoms with Crippen molar-refractivity contribution in [2.24, 2.45) is 5.92 Å². The summed E-state index contributed by atoms with van der Waals surface area (Å²) in [7, 11) is 0. The van der Waals surface area contributed by atoms with Crippen molar-refractivity contribution in [2.75, 3.05) is 6.54 Å². The average molecular weight is 300 g/mol. The maximum absolute atomic E-state index is 11.7. The van der Waals surface area contributed by atoms with Gasteiger partial charge in [0.25, 0.3) is 0 Å². The van der Waals surface area contributed by atoms with E-state index in [1.165, 1.54) is 19.3 Å². The molecule has 0 bridgehead atoms. The number of carbonyl (C=O) groups is 2. The highest BCUT2D eigenvalue weighted by Gasteiger charge is 2.33. The number of rotatable bonds is 11. The van der Waals surface area contributed by atoms with Crippen LogP contribution < -0.4 is 10.6 Å². The molecule has 0 heterocycles. The van der Waals surface area contributed by atoms with Gasteiger partial charge in [-0.25, -0.2) is 9.59 Å². The van der Waals surface area contributed by atoms with Gasteiger partial charge in [0.2, 0.25) is 0 Å². The van der Waals surface area contributed by atoms with Gasteiger partial charge in [0, 0.05) is 6.54 Å². The zero-order valence-electron chi connectivity index (χ0n) is 14.0. The Morgan fingerprint density at radius 1 is 1.14 bits per heavy atom. The van der Waals surface area contributed by atoms with Crippen LogP contribution in [0.1, 0.15) is 72.6 Å². The highest BCUT2D eigenvalue weighted by Crippen LogP contribution is 2.12. The van der Waals surface area contributed by atoms with Crippen LogP contribution in [0.3, 0.4) is 0 Å². The third-order valence-corrected chi connectivity index (χ3v) is 3.61. The maximum atomic E-state index is 11.7. The van der Waals surface area contributed by atoms with Gasteiger partial charge in [0.1, 0.15) is 5.54 Å². The van der Waals surface area contributed by atoms with E-state index >= 15 is 0 Å². The van der Waals surface area contributed by atoms with Crippen molar-refractivity contribution < 1.29 is 14.7 Å². The van der Waals surface area contributed by atoms with E-state index in [1.807, 2.05) is 6.92 Å². The van der Waals surface area contributed by atoms with Crippen molar-refractivity contribution in [3.05, 3.63) is 0 Å². The van der Waals surface area contributed by atoms with E-state index in [9.17, 15) is 14.7 Å². The van der Waals surface area contributed by atoms with Gasteiger partial charge < -0.3 is 15.7 Å². The largest absolute Gasteiger partial charge is 0.480 e. The second-order valence-corrected chi connectivity index (χ2v) is 6.36. The van der Waals surface area contributed by atoms with Crippen molar-refractivity contribution in [1.82, 2.24) is 10.6 Å². The molecule has 0 spiro atoms. The van der Waals surface area contributed by atoms with Crippen LogP contribution in [-0.4, -0.2) is 29.2 Å². The van der Waals surface area contributed by atoms with Gasteiger partial charge in [-0.3, -0.25) is 0 Å². The molecule has 0 rings (SSSR count). The maximum Gasteiger partial charge on any atom is 0.329 e. The van der Waals surface area contributed by atoms with Crippen molar-refractivity contribution >= 4 is 12.0 Å². The van der Waals surface area contributed by atoms with Gasteiger partial charge in [-0.05, 0) is 25.7 Å². The summed E-state index contributed by atoms with van der Waals surface area (Å²) >= 11 is 0. The molecule has 1 unspecified atom stereocenters. The molecule has 0 aromatic heterocycles. The Bertz CT molecular complexity index is 319. The lowest BCUT2D eigenvalue weighted by Gasteiger charge is -2.25. The van der Waals surface area contributed by atoms with Crippen LogP contribution in [0, 0.1) is 5.92 Å². The first-order valence-corrected chi connectivity index (χ1v) is 8.11. The molecule has 0 aromatic carbocycles. The number of carboxylic acids is 1. The smallest absolute Gasteiger partial charge is 0.329 e. The SMILES string of the molecule is CCCC(C)(NC(=O)NCCCCCCC(C)C)C(=O)O. The second kappa shape index (κ2) is 10.5. The van der Waals surface area contributed by atoms with E-state index in [0.29, 0.717) is 19.4 Å². The van der Waals surface area contributed by atoms with Crippen LogP contribution in [0.2, 0.25) is 0 Å². The van der Waals surface area contributed by atoms with Gasteiger partial charge in [-0.2, -0.15) is 0 Å². The topological polar surface area (TPSA) is 78.4 Å². The Labute approximate surface area is 128 Å². The highest BCUT2D eigenvalue weighted by molar-refractivity contribution is 5.85. The molecule has 21 heavy (non-hydrogen) atoms. The predicted molar refractivity (Wildman–Crippen MR) is 85.4 cm³/mol. The number of amides is 2. The number of carbonyl (C=O) groups excluding carboxylic acids is 1. The van der Waals surface area contributed by atoms with Crippen molar-refractivity contribution in [3.63, 3.8) is 0 Å². The van der Waals surface area contributed by atoms with Gasteiger partial charge in [-0.1, -0.05) is 52.9 Å². The summed E-state index contributed by atoms with van der Waals surface area (Å²) in [5, 5.41) is 14.5. The van der Waals surface area contributed by atoms with Crippen LogP contribution >= 0.6 is 0 Å². The summed E-state index contributed by atoms with van der Waals surface area (Å²) in [5.74, 6) is -0.241. The van der Waals surface area contributed by atoms with Crippen LogP contribution in [0.5, 0.6) is 0 Å². The number of aliphatic carboxylic acids is 1. The Kier molecular flexibility index (Phi) is 9.84. The lowest BCUT2D eigenvalue weighted by molar-refractivity contribution is -0.144. The number of hydrogen-bond acceptors (Lipinski definition) is 2. The summed E-state index contributed by atoms with van der Waals surface area (Å²) < 4.78 is 0. The fourth-order valence-corrected chi connectivity index (χ4v) is 2.25. The van der Waals surface area contributed by atoms with Crippen LogP contribution in [0.4, 0.5) is 4.79 Å². The molecule has 2 amide bonds. The molecule has 0 aliphatic heterocycles. The molecule has 0 aliphatic rings. The van der Waals surface area contributed by atoms with Gasteiger partial charge in [0.05, 0.1) is 0 Å². The first-order chi connectivity index (χ1) is 9.81. The normalized spacial score (nSPS) is 13.8. The van der Waals surface area contributed by atoms with Crippen molar-refractivity contribution in [2.45, 2.75) is 78.2 Å². The summed E-state index contributed by atoms with van der Waals surface area (Å²) in [4.78, 5) is 22.9. The minimum Gasteiger partial charge on any atom is -0.480 e. The Balaban J connectivity index is 3.81. The Morgan fingerprint density at radius 2 is 1.76 bits per heavy atom. The second-order valence-electron chi connectivity index (χ2n) is 6.36. The molecule has 124 valence electrons. The fourth-order valence-electron chi connectivity index (χ4n) is 2.25. The molecule has 5 heteroatoms. The summed E-state index contributed by atoms with van der Waals surface area (Å²) in [5.41, 5.74) is -1.18. The van der Waals surface area contributed by atoms with Crippen molar-refractivity contribution in [1.29, 1.82) is 0 Å². The van der Waals surface area contributed by atoms with Gasteiger partial charge in [-0.15, -0.1) is 0 Å². The first kappa shape index (κ1) is 19.7. The zero-order valence-corrected chi connectivity index (χ0v) is 14.0. The third kappa shape index (κ3) is 9.32. The number of urea groups is 1. The van der Waals surface area contributed by atoms with E-state index < -0.39 is 17.5 Å². The summed E-state index contributed by atoms with van der Waals surface area (Å²) in [6.45, 7) is 8.49. The van der Waals surface area contributed by atoms with Crippen LogP contribution in [-0.2, 0) is 4.79 Å². The zero-order chi connectivity index (χ0) is 16.3. The minimum absolute atomic E-state index is 0.393. The lowest BCUT2D eigenvalue weighted by atomic mass is 9.97. The monoisotopic (exact) mass is 300 g/mol. The van der Waals surface area contributed by atoms with Crippen molar-refractivity contribution in [3.8, 4) is 0 Å². The van der Waals surface area contributed by atoms with E-state index in [0.717, 1.165) is 18.8 Å². The fraction of sp³-hybridized carbons (Fsp3) is 0.875. The molecular formula is C16H32N2O3. The molecule has 3 N–H and O–H groups in total. The average Bonchev–Trinajstić information content (AvgIpc) is 2.37. The molecule has 0 saturated heterocycles. The van der Waals surface area contributed by atoms with Crippen LogP contribution in [0.15, 0.2) is 0 Å². The molecule has 0 aromatic rings. The molecule has 1 atom stereocenters. The minimum atomic E-state index is -1.18. The number of nitrogens with one attached hydrogen (secondary N) is 2. The Hall–Kier alpha value is -1.26. The number of carboxylic acid groups (broad SMARTS) is 1. The van der Waals surface area contributed by atoms with E-state index in [2.05, 4.69) is 24.5 Å². The summed E-state index contributed by atoms with van der Waals surface area (Å²) in [6.07, 6.45) is 6.83. The van der Waals surface area contributed by atoms with Crippen LogP contribution in [0.25, 0.3) is 0 Å². The lowest BCUT2D eigenvalue weighted by Crippen LogP contribution is -2.55.